The molecule has 2 aromatic heterocycles. The van der Waals surface area contributed by atoms with Gasteiger partial charge in [-0.25, -0.2) is 9.78 Å². The number of imidazole rings is 1. The van der Waals surface area contributed by atoms with Crippen LogP contribution >= 0.6 is 0 Å². The lowest BCUT2D eigenvalue weighted by Crippen LogP contribution is -2.42. The van der Waals surface area contributed by atoms with Crippen molar-refractivity contribution in [3.05, 3.63) is 42.2 Å². The lowest BCUT2D eigenvalue weighted by Gasteiger charge is -2.19. The zero-order valence-electron chi connectivity index (χ0n) is 21.3. The standard InChI is InChI=1S/C22H29N7O4.C2HF3O2/c1-2-16(31)26-14-9-15(19(33)18(14)32)29-11-24-17-20(23)27-22(28-21(17)29)25-13(10-30)8-12-6-4-3-5-7-12;3-2(4,5)1(6)7/h3-7,11,13-15,18-19,30,32-33H,2,8-10H2,1H3,(H,26,31)(H3,23,25,27,28);(H,6,7)/t13-,14-,15+,18+,19-;/m0./s1. The lowest BCUT2D eigenvalue weighted by molar-refractivity contribution is -0.192. The van der Waals surface area contributed by atoms with Crippen LogP contribution in [0.4, 0.5) is 24.9 Å². The van der Waals surface area contributed by atoms with Crippen molar-refractivity contribution in [1.29, 1.82) is 0 Å². The van der Waals surface area contributed by atoms with Crippen LogP contribution < -0.4 is 16.4 Å². The topological polar surface area (TPSA) is 209 Å². The highest BCUT2D eigenvalue weighted by Crippen LogP contribution is 2.34. The van der Waals surface area contributed by atoms with Crippen molar-refractivity contribution in [2.75, 3.05) is 17.7 Å². The van der Waals surface area contributed by atoms with Gasteiger partial charge < -0.3 is 41.4 Å². The molecule has 1 fully saturated rings. The van der Waals surface area contributed by atoms with E-state index in [1.807, 2.05) is 30.3 Å². The number of carbonyl (C=O) groups is 2. The fraction of sp³-hybridized carbons (Fsp3) is 0.458. The molecule has 0 saturated heterocycles. The largest absolute Gasteiger partial charge is 0.490 e. The number of rotatable bonds is 8. The van der Waals surface area contributed by atoms with Gasteiger partial charge in [0.25, 0.3) is 0 Å². The summed E-state index contributed by atoms with van der Waals surface area (Å²) in [6.07, 6.45) is -4.68. The lowest BCUT2D eigenvalue weighted by atomic mass is 10.1. The molecule has 1 amide bonds. The maximum atomic E-state index is 11.8. The van der Waals surface area contributed by atoms with Gasteiger partial charge in [-0.15, -0.1) is 0 Å². The number of amides is 1. The third kappa shape index (κ3) is 7.34. The SMILES string of the molecule is CCC(=O)N[C@H]1C[C@@H](n2cnc3c(N)nc(N[C@H](CO)Cc4ccccc4)nc32)[C@H](O)[C@@H]1O.O=C(O)C(F)(F)F. The van der Waals surface area contributed by atoms with Crippen LogP contribution in [0.15, 0.2) is 36.7 Å². The molecule has 40 heavy (non-hydrogen) atoms. The van der Waals surface area contributed by atoms with Crippen molar-refractivity contribution in [2.45, 2.75) is 62.7 Å². The monoisotopic (exact) mass is 569 g/mol. The summed E-state index contributed by atoms with van der Waals surface area (Å²) < 4.78 is 33.4. The molecule has 13 nitrogen and oxygen atoms in total. The number of carboxylic acids is 1. The predicted molar refractivity (Wildman–Crippen MR) is 136 cm³/mol. The Hall–Kier alpha value is -4.02. The Morgan fingerprint density at radius 2 is 1.82 bits per heavy atom. The highest BCUT2D eigenvalue weighted by molar-refractivity contribution is 5.83. The summed E-state index contributed by atoms with van der Waals surface area (Å²) in [4.78, 5) is 33.8. The number of alkyl halides is 3. The molecule has 1 saturated carbocycles. The quantitative estimate of drug-likeness (QED) is 0.200. The number of nitrogen functional groups attached to an aromatic ring is 1. The zero-order valence-corrected chi connectivity index (χ0v) is 21.3. The van der Waals surface area contributed by atoms with E-state index < -0.39 is 36.4 Å². The Labute approximate surface area is 225 Å². The van der Waals surface area contributed by atoms with E-state index in [9.17, 15) is 33.3 Å². The minimum absolute atomic E-state index is 0.137. The van der Waals surface area contributed by atoms with Gasteiger partial charge in [-0.2, -0.15) is 23.1 Å². The molecule has 0 unspecified atom stereocenters. The number of aliphatic hydroxyl groups excluding tert-OH is 3. The molecular weight excluding hydrogens is 539 g/mol. The maximum absolute atomic E-state index is 11.8. The van der Waals surface area contributed by atoms with Gasteiger partial charge in [0.05, 0.1) is 31.1 Å². The Morgan fingerprint density at radius 3 is 2.40 bits per heavy atom. The smallest absolute Gasteiger partial charge is 0.475 e. The molecule has 2 heterocycles. The zero-order chi connectivity index (χ0) is 29.6. The molecule has 16 heteroatoms. The van der Waals surface area contributed by atoms with Gasteiger partial charge in [-0.1, -0.05) is 37.3 Å². The van der Waals surface area contributed by atoms with Crippen LogP contribution in [0, 0.1) is 0 Å². The van der Waals surface area contributed by atoms with E-state index in [0.717, 1.165) is 5.56 Å². The minimum atomic E-state index is -5.08. The number of nitrogens with zero attached hydrogens (tertiary/aromatic N) is 4. The number of nitrogens with one attached hydrogen (secondary N) is 2. The molecule has 0 radical (unpaired) electrons. The molecule has 0 bridgehead atoms. The number of carbonyl (C=O) groups excluding carboxylic acids is 1. The second-order valence-electron chi connectivity index (χ2n) is 9.08. The molecule has 1 aromatic carbocycles. The van der Waals surface area contributed by atoms with Crippen LogP contribution in [0.2, 0.25) is 0 Å². The molecule has 218 valence electrons. The van der Waals surface area contributed by atoms with Crippen molar-refractivity contribution >= 4 is 34.8 Å². The van der Waals surface area contributed by atoms with Gasteiger partial charge in [0.2, 0.25) is 11.9 Å². The van der Waals surface area contributed by atoms with E-state index in [-0.39, 0.29) is 36.7 Å². The summed E-state index contributed by atoms with van der Waals surface area (Å²) in [6.45, 7) is 1.58. The summed E-state index contributed by atoms with van der Waals surface area (Å²) in [5.41, 5.74) is 7.92. The van der Waals surface area contributed by atoms with E-state index in [4.69, 9.17) is 15.6 Å². The van der Waals surface area contributed by atoms with E-state index in [1.54, 1.807) is 11.5 Å². The molecule has 4 rings (SSSR count). The number of carboxylic acid groups (broad SMARTS) is 1. The highest BCUT2D eigenvalue weighted by Gasteiger charge is 2.43. The van der Waals surface area contributed by atoms with Crippen molar-refractivity contribution < 1.29 is 43.2 Å². The third-order valence-electron chi connectivity index (χ3n) is 6.25. The molecule has 5 atom stereocenters. The van der Waals surface area contributed by atoms with Crippen LogP contribution in [-0.4, -0.2) is 88.9 Å². The first-order chi connectivity index (χ1) is 18.8. The number of aromatic nitrogens is 4. The van der Waals surface area contributed by atoms with Crippen LogP contribution in [0.1, 0.15) is 31.4 Å². The number of aliphatic carboxylic acids is 1. The van der Waals surface area contributed by atoms with Gasteiger partial charge >= 0.3 is 12.1 Å². The fourth-order valence-electron chi connectivity index (χ4n) is 4.22. The first kappa shape index (κ1) is 30.5. The number of hydrogen-bond acceptors (Lipinski definition) is 10. The summed E-state index contributed by atoms with van der Waals surface area (Å²) in [7, 11) is 0. The van der Waals surface area contributed by atoms with Gasteiger partial charge in [0.1, 0.15) is 17.7 Å². The molecule has 3 aromatic rings. The van der Waals surface area contributed by atoms with E-state index in [2.05, 4.69) is 25.6 Å². The molecule has 0 spiro atoms. The molecule has 1 aliphatic carbocycles. The highest BCUT2D eigenvalue weighted by atomic mass is 19.4. The van der Waals surface area contributed by atoms with Gasteiger partial charge in [-0.05, 0) is 18.4 Å². The summed E-state index contributed by atoms with van der Waals surface area (Å²) in [5, 5.41) is 43.9. The predicted octanol–water partition coefficient (Wildman–Crippen LogP) is 0.619. The number of nitrogens with two attached hydrogens (primary N) is 1. The Bertz CT molecular complexity index is 1310. The maximum Gasteiger partial charge on any atom is 0.490 e. The third-order valence-corrected chi connectivity index (χ3v) is 6.25. The van der Waals surface area contributed by atoms with Gasteiger partial charge in [0, 0.05) is 6.42 Å². The van der Waals surface area contributed by atoms with Gasteiger partial charge in [0.15, 0.2) is 11.5 Å². The van der Waals surface area contributed by atoms with Crippen LogP contribution in [0.5, 0.6) is 0 Å². The van der Waals surface area contributed by atoms with E-state index in [0.29, 0.717) is 24.0 Å². The first-order valence-corrected chi connectivity index (χ1v) is 12.2. The molecule has 8 N–H and O–H groups in total. The Morgan fingerprint density at radius 1 is 1.18 bits per heavy atom. The first-order valence-electron chi connectivity index (χ1n) is 12.2. The average molecular weight is 570 g/mol. The van der Waals surface area contributed by atoms with Crippen LogP contribution in [0.25, 0.3) is 11.2 Å². The van der Waals surface area contributed by atoms with Gasteiger partial charge in [-0.3, -0.25) is 4.79 Å². The van der Waals surface area contributed by atoms with Crippen LogP contribution in [-0.2, 0) is 16.0 Å². The number of aliphatic hydroxyl groups is 3. The molecular formula is C24H30F3N7O6. The van der Waals surface area contributed by atoms with Crippen molar-refractivity contribution in [2.24, 2.45) is 0 Å². The number of halogens is 3. The Balaban J connectivity index is 0.000000559. The molecule has 1 aliphatic rings. The number of hydrogen-bond donors (Lipinski definition) is 7. The Kier molecular flexibility index (Phi) is 9.83. The van der Waals surface area contributed by atoms with Crippen molar-refractivity contribution in [3.63, 3.8) is 0 Å². The number of fused-ring (bicyclic) bond motifs is 1. The minimum Gasteiger partial charge on any atom is -0.475 e. The second kappa shape index (κ2) is 12.9. The number of benzene rings is 1. The normalized spacial score (nSPS) is 21.4. The summed E-state index contributed by atoms with van der Waals surface area (Å²) >= 11 is 0. The summed E-state index contributed by atoms with van der Waals surface area (Å²) in [5.74, 6) is -2.58. The average Bonchev–Trinajstić information content (AvgIpc) is 3.45. The second-order valence-corrected chi connectivity index (χ2v) is 9.08. The van der Waals surface area contributed by atoms with E-state index in [1.165, 1.54) is 6.33 Å². The molecule has 0 aliphatic heterocycles. The summed E-state index contributed by atoms with van der Waals surface area (Å²) in [6, 6.07) is 8.24. The fourth-order valence-corrected chi connectivity index (χ4v) is 4.22. The number of anilines is 2. The van der Waals surface area contributed by atoms with Crippen LogP contribution in [0.3, 0.4) is 0 Å². The van der Waals surface area contributed by atoms with E-state index >= 15 is 0 Å². The van der Waals surface area contributed by atoms with Crippen molar-refractivity contribution in [1.82, 2.24) is 24.8 Å². The van der Waals surface area contributed by atoms with Crippen molar-refractivity contribution in [3.8, 4) is 0 Å².